The Bertz CT molecular complexity index is 1740. The molecule has 2 fully saturated rings. The van der Waals surface area contributed by atoms with Gasteiger partial charge in [0.15, 0.2) is 0 Å². The summed E-state index contributed by atoms with van der Waals surface area (Å²) in [6, 6.07) is 20.1. The van der Waals surface area contributed by atoms with Gasteiger partial charge in [0.25, 0.3) is 0 Å². The molecule has 46 heavy (non-hydrogen) atoms. The van der Waals surface area contributed by atoms with Gasteiger partial charge < -0.3 is 19.9 Å². The molecule has 3 aromatic carbocycles. The number of H-pyrrole nitrogens is 1. The molecule has 2 N–H and O–H groups in total. The number of ether oxygens (including phenoxy) is 1. The number of para-hydroxylation sites is 1. The van der Waals surface area contributed by atoms with Gasteiger partial charge in [0, 0.05) is 35.2 Å². The van der Waals surface area contributed by atoms with Crippen LogP contribution >= 0.6 is 0 Å². The molecular formula is C37H40F3N3O3. The summed E-state index contributed by atoms with van der Waals surface area (Å²) in [5, 5.41) is 4.18. The molecule has 0 aliphatic heterocycles. The topological polar surface area (TPSA) is 74.4 Å². The van der Waals surface area contributed by atoms with Crippen LogP contribution in [0.25, 0.3) is 10.9 Å². The van der Waals surface area contributed by atoms with Crippen molar-refractivity contribution < 1.29 is 27.5 Å². The maximum Gasteiger partial charge on any atom is 0.416 e. The number of halogens is 3. The zero-order chi connectivity index (χ0) is 32.9. The monoisotopic (exact) mass is 631 g/mol. The molecule has 6 nitrogen and oxygen atoms in total. The molecule has 0 bridgehead atoms. The molecule has 2 aliphatic carbocycles. The molecule has 1 aromatic heterocycles. The van der Waals surface area contributed by atoms with Gasteiger partial charge in [0.2, 0.25) is 11.8 Å². The summed E-state index contributed by atoms with van der Waals surface area (Å²) in [6.07, 6.45) is -1.76. The Hall–Kier alpha value is -4.27. The second-order valence-electron chi connectivity index (χ2n) is 13.4. The van der Waals surface area contributed by atoms with Gasteiger partial charge >= 0.3 is 6.18 Å². The number of alkyl halides is 3. The number of aromatic amines is 1. The maximum absolute atomic E-state index is 14.5. The number of carbonyl (C=O) groups excluding carboxylic acids is 2. The van der Waals surface area contributed by atoms with Gasteiger partial charge in [0.1, 0.15) is 11.3 Å². The Morgan fingerprint density at radius 3 is 2.26 bits per heavy atom. The van der Waals surface area contributed by atoms with E-state index in [1.54, 1.807) is 36.3 Å². The zero-order valence-corrected chi connectivity index (χ0v) is 26.6. The van der Waals surface area contributed by atoms with E-state index in [1.807, 2.05) is 12.1 Å². The minimum absolute atomic E-state index is 0.0381. The number of nitrogens with one attached hydrogen (secondary N) is 2. The molecule has 0 unspecified atom stereocenters. The highest BCUT2D eigenvalue weighted by Crippen LogP contribution is 2.67. The standard InChI is InChI=1S/C37H40F3N3O3/c1-23-32(28-9-5-6-10-30(28)41-23)33-29(35(33,2)3)21-31(44)43(22-24-11-13-25(14-12-24)37(38,39)40)36(19-7-8-20-36)34(45)42-26-15-17-27(46-4)18-16-26/h5-6,9-18,29,33,41H,7-8,19-22H2,1-4H3,(H,42,45)/t29-,33+/m1/s1. The predicted molar refractivity (Wildman–Crippen MR) is 172 cm³/mol. The van der Waals surface area contributed by atoms with Crippen LogP contribution in [0.15, 0.2) is 72.8 Å². The van der Waals surface area contributed by atoms with Gasteiger partial charge in [-0.25, -0.2) is 0 Å². The molecule has 2 atom stereocenters. The van der Waals surface area contributed by atoms with E-state index in [0.717, 1.165) is 41.6 Å². The van der Waals surface area contributed by atoms with Crippen LogP contribution in [0.2, 0.25) is 0 Å². The third-order valence-electron chi connectivity index (χ3n) is 10.3. The van der Waals surface area contributed by atoms with Gasteiger partial charge in [-0.15, -0.1) is 0 Å². The van der Waals surface area contributed by atoms with E-state index in [2.05, 4.69) is 43.2 Å². The maximum atomic E-state index is 14.5. The van der Waals surface area contributed by atoms with Crippen molar-refractivity contribution >= 4 is 28.4 Å². The average molecular weight is 632 g/mol. The lowest BCUT2D eigenvalue weighted by Gasteiger charge is -2.40. The molecule has 0 saturated heterocycles. The number of rotatable bonds is 9. The molecule has 0 spiro atoms. The number of hydrogen-bond donors (Lipinski definition) is 2. The second kappa shape index (κ2) is 11.8. The number of hydrogen-bond acceptors (Lipinski definition) is 3. The molecule has 0 radical (unpaired) electrons. The Kier molecular flexibility index (Phi) is 8.15. The van der Waals surface area contributed by atoms with Crippen molar-refractivity contribution in [1.29, 1.82) is 0 Å². The van der Waals surface area contributed by atoms with Crippen LogP contribution in [0.3, 0.4) is 0 Å². The quantitative estimate of drug-likeness (QED) is 0.194. The number of fused-ring (bicyclic) bond motifs is 1. The number of methoxy groups -OCH3 is 1. The SMILES string of the molecule is COc1ccc(NC(=O)C2(N(Cc3ccc(C(F)(F)F)cc3)C(=O)C[C@@H]3[C@@H](c4c(C)[nH]c5ccccc45)C3(C)C)CCCC2)cc1. The molecule has 4 aromatic rings. The number of amides is 2. The first-order chi connectivity index (χ1) is 21.8. The molecule has 242 valence electrons. The van der Waals surface area contributed by atoms with Gasteiger partial charge in [0.05, 0.1) is 12.7 Å². The van der Waals surface area contributed by atoms with E-state index in [1.165, 1.54) is 17.7 Å². The van der Waals surface area contributed by atoms with Gasteiger partial charge in [-0.1, -0.05) is 57.0 Å². The lowest BCUT2D eigenvalue weighted by Crippen LogP contribution is -2.57. The third-order valence-corrected chi connectivity index (χ3v) is 10.3. The Labute approximate surface area is 267 Å². The number of aryl methyl sites for hydroxylation is 1. The second-order valence-corrected chi connectivity index (χ2v) is 13.4. The molecule has 9 heteroatoms. The van der Waals surface area contributed by atoms with Crippen molar-refractivity contribution in [2.24, 2.45) is 11.3 Å². The summed E-state index contributed by atoms with van der Waals surface area (Å²) in [4.78, 5) is 33.9. The van der Waals surface area contributed by atoms with Crippen molar-refractivity contribution in [2.75, 3.05) is 12.4 Å². The Morgan fingerprint density at radius 2 is 1.63 bits per heavy atom. The predicted octanol–water partition coefficient (Wildman–Crippen LogP) is 8.61. The van der Waals surface area contributed by atoms with E-state index in [-0.39, 0.29) is 42.0 Å². The summed E-state index contributed by atoms with van der Waals surface area (Å²) in [5.74, 6) is 0.392. The third kappa shape index (κ3) is 5.76. The molecule has 2 aliphatic rings. The fourth-order valence-electron chi connectivity index (χ4n) is 7.66. The van der Waals surface area contributed by atoms with Crippen LogP contribution in [0, 0.1) is 18.3 Å². The molecule has 2 saturated carbocycles. The summed E-state index contributed by atoms with van der Waals surface area (Å²) in [6.45, 7) is 6.46. The summed E-state index contributed by atoms with van der Waals surface area (Å²) < 4.78 is 45.3. The van der Waals surface area contributed by atoms with E-state index < -0.39 is 17.3 Å². The van der Waals surface area contributed by atoms with Crippen LogP contribution < -0.4 is 10.1 Å². The van der Waals surface area contributed by atoms with Crippen LogP contribution in [0.5, 0.6) is 5.75 Å². The van der Waals surface area contributed by atoms with E-state index in [4.69, 9.17) is 4.74 Å². The van der Waals surface area contributed by atoms with Crippen molar-refractivity contribution in [3.8, 4) is 5.75 Å². The highest BCUT2D eigenvalue weighted by Gasteiger charge is 2.60. The summed E-state index contributed by atoms with van der Waals surface area (Å²) >= 11 is 0. The zero-order valence-electron chi connectivity index (χ0n) is 26.6. The minimum Gasteiger partial charge on any atom is -0.497 e. The molecule has 6 rings (SSSR count). The average Bonchev–Trinajstić information content (AvgIpc) is 3.37. The first-order valence-corrected chi connectivity index (χ1v) is 15.8. The molecule has 1 heterocycles. The first-order valence-electron chi connectivity index (χ1n) is 15.8. The van der Waals surface area contributed by atoms with Crippen LogP contribution in [0.4, 0.5) is 18.9 Å². The molecular weight excluding hydrogens is 591 g/mol. The minimum atomic E-state index is -4.47. The van der Waals surface area contributed by atoms with Crippen molar-refractivity contribution in [3.63, 3.8) is 0 Å². The fraction of sp³-hybridized carbons (Fsp3) is 0.405. The highest BCUT2D eigenvalue weighted by molar-refractivity contribution is 6.01. The normalized spacial score (nSPS) is 20.0. The van der Waals surface area contributed by atoms with Crippen LogP contribution in [-0.2, 0) is 22.3 Å². The summed E-state index contributed by atoms with van der Waals surface area (Å²) in [7, 11) is 1.57. The number of nitrogens with zero attached hydrogens (tertiary/aromatic N) is 1. The van der Waals surface area contributed by atoms with Gasteiger partial charge in [-0.3, -0.25) is 9.59 Å². The number of aromatic nitrogens is 1. The van der Waals surface area contributed by atoms with Crippen molar-refractivity contribution in [3.05, 3.63) is 95.2 Å². The van der Waals surface area contributed by atoms with Crippen LogP contribution in [-0.4, -0.2) is 34.3 Å². The van der Waals surface area contributed by atoms with E-state index in [9.17, 15) is 22.8 Å². The van der Waals surface area contributed by atoms with Crippen LogP contribution in [0.1, 0.15) is 74.3 Å². The van der Waals surface area contributed by atoms with Crippen molar-refractivity contribution in [1.82, 2.24) is 9.88 Å². The Balaban J connectivity index is 1.32. The lowest BCUT2D eigenvalue weighted by molar-refractivity contribution is -0.146. The highest BCUT2D eigenvalue weighted by atomic mass is 19.4. The largest absolute Gasteiger partial charge is 0.497 e. The lowest BCUT2D eigenvalue weighted by atomic mass is 9.91. The molecule has 2 amide bonds. The number of carbonyl (C=O) groups is 2. The Morgan fingerprint density at radius 1 is 0.978 bits per heavy atom. The van der Waals surface area contributed by atoms with Gasteiger partial charge in [-0.05, 0) is 90.6 Å². The number of benzene rings is 3. The van der Waals surface area contributed by atoms with E-state index in [0.29, 0.717) is 29.8 Å². The number of anilines is 1. The summed E-state index contributed by atoms with van der Waals surface area (Å²) in [5.41, 5.74) is 2.46. The van der Waals surface area contributed by atoms with Gasteiger partial charge in [-0.2, -0.15) is 13.2 Å². The van der Waals surface area contributed by atoms with Crippen molar-refractivity contribution in [2.45, 2.75) is 77.1 Å². The fourth-order valence-corrected chi connectivity index (χ4v) is 7.66. The van der Waals surface area contributed by atoms with E-state index >= 15 is 0 Å². The first kappa shape index (κ1) is 31.7. The smallest absolute Gasteiger partial charge is 0.416 e.